The van der Waals surface area contributed by atoms with Gasteiger partial charge >= 0.3 is 0 Å². The molecule has 5 aliphatic rings. The fraction of sp³-hybridized carbons (Fsp3) is 0.875. The molecule has 5 fully saturated rings. The second-order valence-corrected chi connectivity index (χ2v) is 7.95. The highest BCUT2D eigenvalue weighted by Crippen LogP contribution is 2.66. The first-order chi connectivity index (χ1) is 11.2. The third kappa shape index (κ3) is 1.31. The van der Waals surface area contributed by atoms with Crippen LogP contribution in [0.1, 0.15) is 39.5 Å². The number of carbonyl (C=O) groups excluding carboxylic acids is 2. The maximum atomic E-state index is 11.9. The van der Waals surface area contributed by atoms with E-state index in [1.54, 1.807) is 9.80 Å². The van der Waals surface area contributed by atoms with Crippen molar-refractivity contribution in [2.24, 2.45) is 0 Å². The van der Waals surface area contributed by atoms with Crippen LogP contribution < -0.4 is 0 Å². The first kappa shape index (κ1) is 15.1. The second kappa shape index (κ2) is 3.95. The third-order valence-electron chi connectivity index (χ3n) is 7.01. The van der Waals surface area contributed by atoms with Crippen LogP contribution in [0.4, 0.5) is 0 Å². The Morgan fingerprint density at radius 2 is 1.25 bits per heavy atom. The molecule has 132 valence electrons. The van der Waals surface area contributed by atoms with Crippen LogP contribution in [-0.4, -0.2) is 79.8 Å². The van der Waals surface area contributed by atoms with Crippen LogP contribution in [0.3, 0.4) is 0 Å². The molecule has 0 aromatic carbocycles. The normalized spacial score (nSPS) is 54.2. The zero-order chi connectivity index (χ0) is 17.1. The lowest BCUT2D eigenvalue weighted by atomic mass is 9.65. The highest BCUT2D eigenvalue weighted by atomic mass is 16.8. The maximum Gasteiger partial charge on any atom is 0.219 e. The number of likely N-dealkylation sites (tertiary alicyclic amines) is 2. The summed E-state index contributed by atoms with van der Waals surface area (Å²) in [6.07, 6.45) is 2.44. The van der Waals surface area contributed by atoms with E-state index < -0.39 is 22.8 Å². The van der Waals surface area contributed by atoms with Crippen molar-refractivity contribution in [3.8, 4) is 0 Å². The van der Waals surface area contributed by atoms with Crippen LogP contribution in [0, 0.1) is 0 Å². The van der Waals surface area contributed by atoms with E-state index in [0.717, 1.165) is 0 Å². The summed E-state index contributed by atoms with van der Waals surface area (Å²) in [5.41, 5.74) is -2.21. The van der Waals surface area contributed by atoms with Crippen molar-refractivity contribution >= 4 is 11.8 Å². The lowest BCUT2D eigenvalue weighted by Crippen LogP contribution is -2.81. The fourth-order valence-electron chi connectivity index (χ4n) is 5.65. The SMILES string of the molecule is CC(=O)N1C[C@]2(O)O[C@@]34CCC3N(C(C)=O)C[C@]4(O)O[C@]23CCC13. The van der Waals surface area contributed by atoms with Gasteiger partial charge in [-0.05, 0) is 25.7 Å². The number of hydrogen-bond donors (Lipinski definition) is 2. The molecule has 3 heterocycles. The molecule has 0 radical (unpaired) electrons. The maximum absolute atomic E-state index is 11.9. The topological polar surface area (TPSA) is 99.5 Å². The van der Waals surface area contributed by atoms with Crippen molar-refractivity contribution in [2.75, 3.05) is 13.1 Å². The molecule has 2 amide bonds. The summed E-state index contributed by atoms with van der Waals surface area (Å²) in [5, 5.41) is 22.5. The summed E-state index contributed by atoms with van der Waals surface area (Å²) >= 11 is 0. The fourth-order valence-corrected chi connectivity index (χ4v) is 5.65. The van der Waals surface area contributed by atoms with E-state index in [1.165, 1.54) is 13.8 Å². The van der Waals surface area contributed by atoms with Crippen molar-refractivity contribution in [3.63, 3.8) is 0 Å². The number of amides is 2. The standard InChI is InChI=1S/C16H22N2O6/c1-9(19)17-7-15(21)13(5-3-11(13)17)23-16(22)8-18(10(2)20)12-4-6-14(12,16)24-15/h11-12,21-22H,3-8H2,1-2H3/t11?,12?,13-,14-,15-,16-/m0/s1. The van der Waals surface area contributed by atoms with Crippen molar-refractivity contribution in [1.82, 2.24) is 9.80 Å². The van der Waals surface area contributed by atoms with Crippen LogP contribution in [0.5, 0.6) is 0 Å². The van der Waals surface area contributed by atoms with Crippen molar-refractivity contribution in [3.05, 3.63) is 0 Å². The molecule has 2 unspecified atom stereocenters. The average molecular weight is 338 g/mol. The molecule has 24 heavy (non-hydrogen) atoms. The van der Waals surface area contributed by atoms with Crippen LogP contribution in [0.25, 0.3) is 0 Å². The summed E-state index contributed by atoms with van der Waals surface area (Å²) in [6.45, 7) is 3.00. The molecule has 0 bridgehead atoms. The molecular formula is C16H22N2O6. The van der Waals surface area contributed by atoms with Crippen molar-refractivity contribution < 1.29 is 29.3 Å². The van der Waals surface area contributed by atoms with Crippen LogP contribution >= 0.6 is 0 Å². The zero-order valence-electron chi connectivity index (χ0n) is 13.8. The Hall–Kier alpha value is -1.22. The van der Waals surface area contributed by atoms with Gasteiger partial charge in [-0.25, -0.2) is 0 Å². The third-order valence-corrected chi connectivity index (χ3v) is 7.01. The number of hydrogen-bond acceptors (Lipinski definition) is 6. The van der Waals surface area contributed by atoms with Gasteiger partial charge in [-0.1, -0.05) is 0 Å². The smallest absolute Gasteiger partial charge is 0.219 e. The van der Waals surface area contributed by atoms with Gasteiger partial charge < -0.3 is 29.5 Å². The molecule has 2 spiro atoms. The van der Waals surface area contributed by atoms with Gasteiger partial charge in [0.15, 0.2) is 0 Å². The second-order valence-electron chi connectivity index (χ2n) is 7.95. The summed E-state index contributed by atoms with van der Waals surface area (Å²) in [5.74, 6) is -3.56. The van der Waals surface area contributed by atoms with Gasteiger partial charge in [-0.3, -0.25) is 9.59 Å². The summed E-state index contributed by atoms with van der Waals surface area (Å²) in [7, 11) is 0. The molecule has 5 rings (SSSR count). The largest absolute Gasteiger partial charge is 0.362 e. The molecule has 0 aromatic rings. The Morgan fingerprint density at radius 1 is 0.875 bits per heavy atom. The van der Waals surface area contributed by atoms with E-state index in [0.29, 0.717) is 25.7 Å². The zero-order valence-corrected chi connectivity index (χ0v) is 13.8. The molecule has 8 nitrogen and oxygen atoms in total. The molecule has 3 saturated heterocycles. The lowest BCUT2D eigenvalue weighted by Gasteiger charge is -2.64. The van der Waals surface area contributed by atoms with E-state index in [2.05, 4.69) is 0 Å². The van der Waals surface area contributed by atoms with Crippen LogP contribution in [0.2, 0.25) is 0 Å². The lowest BCUT2D eigenvalue weighted by molar-refractivity contribution is -0.489. The van der Waals surface area contributed by atoms with E-state index in [9.17, 15) is 19.8 Å². The number of β-amino-alcohol motifs (C(OH)–C–C–N with tert-alkyl or cyclic N) is 2. The first-order valence-corrected chi connectivity index (χ1v) is 8.58. The monoisotopic (exact) mass is 338 g/mol. The number of carbonyl (C=O) groups is 2. The molecule has 6 atom stereocenters. The average Bonchev–Trinajstić information content (AvgIpc) is 2.71. The predicted molar refractivity (Wildman–Crippen MR) is 78.3 cm³/mol. The molecule has 2 saturated carbocycles. The van der Waals surface area contributed by atoms with Gasteiger partial charge in [0.1, 0.15) is 11.2 Å². The van der Waals surface area contributed by atoms with E-state index in [4.69, 9.17) is 9.47 Å². The number of nitrogens with zero attached hydrogens (tertiary/aromatic N) is 2. The minimum atomic E-state index is -1.64. The molecule has 2 N–H and O–H groups in total. The summed E-state index contributed by atoms with van der Waals surface area (Å²) in [6, 6.07) is -0.599. The predicted octanol–water partition coefficient (Wildman–Crippen LogP) is -1.06. The Kier molecular flexibility index (Phi) is 2.48. The molecule has 2 aliphatic carbocycles. The molecule has 3 aliphatic heterocycles. The van der Waals surface area contributed by atoms with Gasteiger partial charge in [0.25, 0.3) is 0 Å². The summed E-state index contributed by atoms with van der Waals surface area (Å²) in [4.78, 5) is 27.0. The number of aliphatic hydroxyl groups is 2. The molecule has 8 heteroatoms. The molecular weight excluding hydrogens is 316 g/mol. The van der Waals surface area contributed by atoms with Crippen LogP contribution in [-0.2, 0) is 19.1 Å². The van der Waals surface area contributed by atoms with Gasteiger partial charge in [0.05, 0.1) is 25.2 Å². The summed E-state index contributed by atoms with van der Waals surface area (Å²) < 4.78 is 12.4. The number of rotatable bonds is 0. The first-order valence-electron chi connectivity index (χ1n) is 8.58. The Morgan fingerprint density at radius 3 is 1.50 bits per heavy atom. The van der Waals surface area contributed by atoms with Crippen molar-refractivity contribution in [2.45, 2.75) is 74.4 Å². The van der Waals surface area contributed by atoms with E-state index in [1.807, 2.05) is 0 Å². The molecule has 0 aromatic heterocycles. The van der Waals surface area contributed by atoms with Gasteiger partial charge in [-0.2, -0.15) is 0 Å². The van der Waals surface area contributed by atoms with E-state index in [-0.39, 0.29) is 37.0 Å². The van der Waals surface area contributed by atoms with Crippen LogP contribution in [0.15, 0.2) is 0 Å². The minimum Gasteiger partial charge on any atom is -0.362 e. The Balaban J connectivity index is 1.58. The minimum absolute atomic E-state index is 0.0393. The number of ether oxygens (including phenoxy) is 2. The quantitative estimate of drug-likeness (QED) is 0.584. The van der Waals surface area contributed by atoms with Crippen molar-refractivity contribution in [1.29, 1.82) is 0 Å². The highest BCUT2D eigenvalue weighted by molar-refractivity contribution is 5.76. The van der Waals surface area contributed by atoms with Gasteiger partial charge in [0.2, 0.25) is 23.4 Å². The Bertz CT molecular complexity index is 615. The highest BCUT2D eigenvalue weighted by Gasteiger charge is 2.84. The van der Waals surface area contributed by atoms with Gasteiger partial charge in [0, 0.05) is 13.8 Å². The van der Waals surface area contributed by atoms with E-state index >= 15 is 0 Å². The Labute approximate surface area is 139 Å². The van der Waals surface area contributed by atoms with Gasteiger partial charge in [-0.15, -0.1) is 0 Å².